The van der Waals surface area contributed by atoms with Gasteiger partial charge in [-0.1, -0.05) is 0 Å². The second kappa shape index (κ2) is 2.85. The summed E-state index contributed by atoms with van der Waals surface area (Å²) in [6, 6.07) is 0. The second-order valence-corrected chi connectivity index (χ2v) is 2.51. The van der Waals surface area contributed by atoms with E-state index in [1.165, 1.54) is 25.5 Å². The van der Waals surface area contributed by atoms with Gasteiger partial charge in [-0.3, -0.25) is 4.79 Å². The van der Waals surface area contributed by atoms with Gasteiger partial charge in [-0.15, -0.1) is 0 Å². The van der Waals surface area contributed by atoms with Crippen LogP contribution >= 0.6 is 0 Å². The average Bonchev–Trinajstić information content (AvgIpc) is 2.17. The zero-order chi connectivity index (χ0) is 9.26. The predicted octanol–water partition coefficient (Wildman–Crippen LogP) is 0.622. The fourth-order valence-electron chi connectivity index (χ4n) is 0.928. The third-order valence-electron chi connectivity index (χ3n) is 1.56. The molecule has 0 radical (unpaired) electrons. The fraction of sp³-hybridized carbons (Fsp3) is 0.125. The Bertz CT molecular complexity index is 468. The smallest absolute Gasteiger partial charge is 0.198 e. The summed E-state index contributed by atoms with van der Waals surface area (Å²) >= 11 is 0. The highest BCUT2D eigenvalue weighted by Gasteiger charge is 2.04. The van der Waals surface area contributed by atoms with Crippen LogP contribution in [0.2, 0.25) is 0 Å². The predicted molar refractivity (Wildman–Crippen MR) is 45.1 cm³/mol. The monoisotopic (exact) mass is 174 g/mol. The number of ketones is 1. The van der Waals surface area contributed by atoms with Gasteiger partial charge in [0.1, 0.15) is 5.69 Å². The van der Waals surface area contributed by atoms with E-state index in [-0.39, 0.29) is 5.78 Å². The van der Waals surface area contributed by atoms with Crippen LogP contribution in [0.15, 0.2) is 18.6 Å². The van der Waals surface area contributed by atoms with Gasteiger partial charge in [-0.25, -0.2) is 19.9 Å². The SMILES string of the molecule is CC(=O)c1cnc2nccnc2n1. The van der Waals surface area contributed by atoms with Gasteiger partial charge in [-0.05, 0) is 0 Å². The lowest BCUT2D eigenvalue weighted by Gasteiger charge is -1.95. The summed E-state index contributed by atoms with van der Waals surface area (Å²) < 4.78 is 0. The highest BCUT2D eigenvalue weighted by atomic mass is 16.1. The second-order valence-electron chi connectivity index (χ2n) is 2.51. The molecule has 0 aliphatic rings. The summed E-state index contributed by atoms with van der Waals surface area (Å²) in [5.74, 6) is -0.125. The molecule has 0 spiro atoms. The largest absolute Gasteiger partial charge is 0.293 e. The van der Waals surface area contributed by atoms with Crippen molar-refractivity contribution in [3.05, 3.63) is 24.3 Å². The van der Waals surface area contributed by atoms with Crippen LogP contribution < -0.4 is 0 Å². The molecule has 0 saturated carbocycles. The van der Waals surface area contributed by atoms with E-state index >= 15 is 0 Å². The Morgan fingerprint density at radius 3 is 2.54 bits per heavy atom. The molecule has 0 aromatic carbocycles. The Kier molecular flexibility index (Phi) is 1.70. The number of carbonyl (C=O) groups is 1. The van der Waals surface area contributed by atoms with Gasteiger partial charge in [0.25, 0.3) is 0 Å². The van der Waals surface area contributed by atoms with Crippen molar-refractivity contribution in [2.45, 2.75) is 6.92 Å². The minimum absolute atomic E-state index is 0.125. The van der Waals surface area contributed by atoms with Crippen molar-refractivity contribution in [3.63, 3.8) is 0 Å². The van der Waals surface area contributed by atoms with Crippen molar-refractivity contribution in [1.82, 2.24) is 19.9 Å². The molecule has 0 aliphatic heterocycles. The first kappa shape index (κ1) is 7.72. The number of Topliss-reactive ketones (excluding diaryl/α,β-unsaturated/α-hetero) is 1. The van der Waals surface area contributed by atoms with Crippen molar-refractivity contribution in [2.24, 2.45) is 0 Å². The minimum atomic E-state index is -0.125. The lowest BCUT2D eigenvalue weighted by atomic mass is 10.3. The van der Waals surface area contributed by atoms with Gasteiger partial charge in [0, 0.05) is 19.3 Å². The summed E-state index contributed by atoms with van der Waals surface area (Å²) in [5.41, 5.74) is 1.16. The molecule has 0 fully saturated rings. The van der Waals surface area contributed by atoms with Crippen LogP contribution in [0.5, 0.6) is 0 Å². The molecule has 5 heteroatoms. The lowest BCUT2D eigenvalue weighted by Crippen LogP contribution is -2.00. The van der Waals surface area contributed by atoms with E-state index in [0.717, 1.165) is 0 Å². The zero-order valence-electron chi connectivity index (χ0n) is 6.93. The fourth-order valence-corrected chi connectivity index (χ4v) is 0.928. The molecular weight excluding hydrogens is 168 g/mol. The first-order valence-electron chi connectivity index (χ1n) is 3.72. The average molecular weight is 174 g/mol. The maximum atomic E-state index is 10.9. The van der Waals surface area contributed by atoms with Crippen LogP contribution in [0.4, 0.5) is 0 Å². The van der Waals surface area contributed by atoms with E-state index in [0.29, 0.717) is 17.0 Å². The Labute approximate surface area is 73.9 Å². The molecule has 0 bridgehead atoms. The first-order valence-corrected chi connectivity index (χ1v) is 3.72. The van der Waals surface area contributed by atoms with Crippen LogP contribution in [0.1, 0.15) is 17.4 Å². The molecule has 5 nitrogen and oxygen atoms in total. The summed E-state index contributed by atoms with van der Waals surface area (Å²) in [6.07, 6.45) is 4.45. The van der Waals surface area contributed by atoms with Crippen LogP contribution in [0.25, 0.3) is 11.3 Å². The summed E-state index contributed by atoms with van der Waals surface area (Å²) in [6.45, 7) is 1.44. The number of carbonyl (C=O) groups excluding carboxylic acids is 1. The van der Waals surface area contributed by atoms with Gasteiger partial charge in [-0.2, -0.15) is 0 Å². The van der Waals surface area contributed by atoms with Gasteiger partial charge in [0.15, 0.2) is 17.1 Å². The Hall–Kier alpha value is -1.91. The Morgan fingerprint density at radius 1 is 1.15 bits per heavy atom. The normalized spacial score (nSPS) is 10.2. The molecule has 0 amide bonds. The van der Waals surface area contributed by atoms with Gasteiger partial charge >= 0.3 is 0 Å². The van der Waals surface area contributed by atoms with E-state index in [2.05, 4.69) is 19.9 Å². The number of hydrogen-bond acceptors (Lipinski definition) is 5. The third kappa shape index (κ3) is 1.35. The molecule has 64 valence electrons. The molecule has 2 aromatic rings. The number of aromatic nitrogens is 4. The topological polar surface area (TPSA) is 68.6 Å². The molecule has 0 saturated heterocycles. The standard InChI is InChI=1S/C8H6N4O/c1-5(13)6-4-11-7-8(12-6)10-3-2-9-7/h2-4H,1H3. The molecule has 2 rings (SSSR count). The van der Waals surface area contributed by atoms with E-state index in [1.54, 1.807) is 0 Å². The lowest BCUT2D eigenvalue weighted by molar-refractivity contribution is 0.101. The molecule has 2 heterocycles. The maximum absolute atomic E-state index is 10.9. The molecule has 0 unspecified atom stereocenters. The van der Waals surface area contributed by atoms with Gasteiger partial charge in [0.2, 0.25) is 0 Å². The minimum Gasteiger partial charge on any atom is -0.293 e. The molecular formula is C8H6N4O. The van der Waals surface area contributed by atoms with Gasteiger partial charge < -0.3 is 0 Å². The van der Waals surface area contributed by atoms with Crippen molar-refractivity contribution in [1.29, 1.82) is 0 Å². The van der Waals surface area contributed by atoms with E-state index < -0.39 is 0 Å². The van der Waals surface area contributed by atoms with Crippen LogP contribution in [-0.2, 0) is 0 Å². The van der Waals surface area contributed by atoms with Crippen LogP contribution in [0, 0.1) is 0 Å². The summed E-state index contributed by atoms with van der Waals surface area (Å²) in [4.78, 5) is 26.7. The Morgan fingerprint density at radius 2 is 1.85 bits per heavy atom. The zero-order valence-corrected chi connectivity index (χ0v) is 6.93. The van der Waals surface area contributed by atoms with E-state index in [9.17, 15) is 4.79 Å². The van der Waals surface area contributed by atoms with Gasteiger partial charge in [0.05, 0.1) is 6.20 Å². The quantitative estimate of drug-likeness (QED) is 0.593. The first-order chi connectivity index (χ1) is 6.27. The molecule has 2 aromatic heterocycles. The molecule has 0 N–H and O–H groups in total. The Balaban J connectivity index is 2.69. The van der Waals surface area contributed by atoms with Crippen molar-refractivity contribution >= 4 is 17.1 Å². The third-order valence-corrected chi connectivity index (χ3v) is 1.56. The van der Waals surface area contributed by atoms with Crippen molar-refractivity contribution < 1.29 is 4.79 Å². The summed E-state index contributed by atoms with van der Waals surface area (Å²) in [5, 5.41) is 0. The molecule has 0 atom stereocenters. The van der Waals surface area contributed by atoms with E-state index in [1.807, 2.05) is 0 Å². The summed E-state index contributed by atoms with van der Waals surface area (Å²) in [7, 11) is 0. The highest BCUT2D eigenvalue weighted by molar-refractivity contribution is 5.92. The maximum Gasteiger partial charge on any atom is 0.198 e. The molecule has 0 aliphatic carbocycles. The van der Waals surface area contributed by atoms with Crippen LogP contribution in [0.3, 0.4) is 0 Å². The number of rotatable bonds is 1. The van der Waals surface area contributed by atoms with Crippen molar-refractivity contribution in [3.8, 4) is 0 Å². The van der Waals surface area contributed by atoms with Crippen molar-refractivity contribution in [2.75, 3.05) is 0 Å². The van der Waals surface area contributed by atoms with Crippen LogP contribution in [-0.4, -0.2) is 25.7 Å². The number of hydrogen-bond donors (Lipinski definition) is 0. The molecule has 13 heavy (non-hydrogen) atoms. The highest BCUT2D eigenvalue weighted by Crippen LogP contribution is 2.02. The van der Waals surface area contributed by atoms with E-state index in [4.69, 9.17) is 0 Å². The number of fused-ring (bicyclic) bond motifs is 1. The number of nitrogens with zero attached hydrogens (tertiary/aromatic N) is 4.